The summed E-state index contributed by atoms with van der Waals surface area (Å²) < 4.78 is 104. The van der Waals surface area contributed by atoms with Crippen LogP contribution in [0.2, 0.25) is 5.02 Å². The van der Waals surface area contributed by atoms with Crippen LogP contribution in [0.25, 0.3) is 32.4 Å². The summed E-state index contributed by atoms with van der Waals surface area (Å²) in [5.74, 6) is -8.77. The predicted molar refractivity (Wildman–Crippen MR) is 194 cm³/mol. The van der Waals surface area contributed by atoms with E-state index < -0.39 is 76.6 Å². The van der Waals surface area contributed by atoms with Crippen molar-refractivity contribution < 1.29 is 40.6 Å². The molecule has 3 atom stereocenters. The third-order valence-corrected chi connectivity index (χ3v) is 11.1. The van der Waals surface area contributed by atoms with Gasteiger partial charge in [-0.05, 0) is 62.4 Å². The van der Waals surface area contributed by atoms with Gasteiger partial charge in [-0.2, -0.15) is 32.1 Å². The van der Waals surface area contributed by atoms with Crippen LogP contribution >= 0.6 is 22.9 Å². The standard InChI is InChI=1S/C36H31ClF7N9O2S/c1-34(2,55)13-46-33-49-32-23(56-33)11-18(17-4-5-21(37)26-28(17)52(3)51-31(26)45)27(48-32)22(8-14-6-15(38)9-16(39)7-14)47-24(54)12-53-30-25(29(50-53)36(42,43)44)19-10-20(19)35(30,40)41/h4-7,9,11,19-20,22,55H,8,10,12-13H2,1-3H3,(H2,45,51)(H,47,54)(H,46,48,49)/t19-,20?,22-/m0/s1. The Morgan fingerprint density at radius 1 is 1.11 bits per heavy atom. The van der Waals surface area contributed by atoms with E-state index in [0.29, 0.717) is 42.6 Å². The number of anilines is 2. The lowest BCUT2D eigenvalue weighted by Gasteiger charge is -2.23. The van der Waals surface area contributed by atoms with Gasteiger partial charge in [-0.1, -0.05) is 29.0 Å². The Bertz CT molecular complexity index is 2560. The lowest BCUT2D eigenvalue weighted by molar-refractivity contribution is -0.142. The van der Waals surface area contributed by atoms with Crippen LogP contribution < -0.4 is 16.4 Å². The maximum Gasteiger partial charge on any atom is 0.435 e. The van der Waals surface area contributed by atoms with E-state index in [1.165, 1.54) is 16.0 Å². The third-order valence-electron chi connectivity index (χ3n) is 9.86. The van der Waals surface area contributed by atoms with Crippen LogP contribution in [-0.4, -0.2) is 52.7 Å². The number of aryl methyl sites for hydroxylation is 1. The first kappa shape index (κ1) is 37.9. The molecule has 0 bridgehead atoms. The zero-order chi connectivity index (χ0) is 40.2. The fourth-order valence-corrected chi connectivity index (χ4v) is 8.59. The van der Waals surface area contributed by atoms with E-state index in [0.717, 1.165) is 12.1 Å². The number of nitrogen functional groups attached to an aromatic ring is 1. The number of pyridine rings is 1. The molecule has 2 aromatic carbocycles. The fraction of sp³-hybridized carbons (Fsp3) is 0.361. The molecule has 0 radical (unpaired) electrons. The van der Waals surface area contributed by atoms with Crippen molar-refractivity contribution in [3.63, 3.8) is 0 Å². The van der Waals surface area contributed by atoms with Crippen LogP contribution in [0, 0.1) is 17.6 Å². The Labute approximate surface area is 321 Å². The van der Waals surface area contributed by atoms with Gasteiger partial charge in [0.25, 0.3) is 5.92 Å². The number of nitrogens with two attached hydrogens (primary N) is 1. The molecule has 20 heteroatoms. The Morgan fingerprint density at radius 2 is 1.82 bits per heavy atom. The Kier molecular flexibility index (Phi) is 8.81. The van der Waals surface area contributed by atoms with Crippen molar-refractivity contribution in [2.45, 2.75) is 62.9 Å². The highest BCUT2D eigenvalue weighted by molar-refractivity contribution is 7.22. The number of fused-ring (bicyclic) bond motifs is 5. The first-order valence-corrected chi connectivity index (χ1v) is 18.4. The molecule has 6 aromatic rings. The predicted octanol–water partition coefficient (Wildman–Crippen LogP) is 7.47. The Hall–Kier alpha value is -5.01. The smallest absolute Gasteiger partial charge is 0.389 e. The summed E-state index contributed by atoms with van der Waals surface area (Å²) in [6, 6.07) is 6.37. The second-order valence-electron chi connectivity index (χ2n) is 14.7. The molecule has 0 saturated heterocycles. The van der Waals surface area contributed by atoms with Gasteiger partial charge in [-0.15, -0.1) is 0 Å². The van der Waals surface area contributed by atoms with E-state index >= 15 is 8.78 Å². The molecular weight excluding hydrogens is 791 g/mol. The second-order valence-corrected chi connectivity index (χ2v) is 16.1. The van der Waals surface area contributed by atoms with Crippen LogP contribution in [0.1, 0.15) is 60.4 Å². The van der Waals surface area contributed by atoms with E-state index in [4.69, 9.17) is 22.3 Å². The van der Waals surface area contributed by atoms with Crippen LogP contribution in [-0.2, 0) is 36.9 Å². The van der Waals surface area contributed by atoms with Crippen LogP contribution in [0.15, 0.2) is 36.4 Å². The number of alkyl halides is 5. The fourth-order valence-electron chi connectivity index (χ4n) is 7.50. The van der Waals surface area contributed by atoms with Gasteiger partial charge in [0.15, 0.2) is 22.3 Å². The van der Waals surface area contributed by atoms with Crippen LogP contribution in [0.5, 0.6) is 0 Å². The third kappa shape index (κ3) is 6.68. The topological polar surface area (TPSA) is 149 Å². The van der Waals surface area contributed by atoms with Crippen LogP contribution in [0.3, 0.4) is 0 Å². The number of thiazole rings is 1. The molecule has 5 N–H and O–H groups in total. The molecule has 0 aliphatic heterocycles. The molecule has 8 rings (SSSR count). The number of aliphatic hydroxyl groups is 1. The van der Waals surface area contributed by atoms with Crippen molar-refractivity contribution in [2.75, 3.05) is 17.6 Å². The number of rotatable bonds is 10. The SMILES string of the molecule is Cn1nc(N)c2c(Cl)ccc(-c3cc4sc(NCC(C)(C)O)nc4nc3[C@H](Cc3cc(F)cc(F)c3)NC(=O)Cn3nc(C(F)(F)F)c4c3C(F)(F)C3C[C@H]43)c21. The van der Waals surface area contributed by atoms with Gasteiger partial charge in [-0.25, -0.2) is 18.7 Å². The molecule has 4 aromatic heterocycles. The first-order valence-electron chi connectivity index (χ1n) is 17.2. The van der Waals surface area contributed by atoms with Gasteiger partial charge in [0.05, 0.1) is 38.0 Å². The monoisotopic (exact) mass is 821 g/mol. The molecule has 1 saturated carbocycles. The minimum atomic E-state index is -5.05. The molecule has 0 spiro atoms. The number of halogens is 8. The minimum absolute atomic E-state index is 0.0587. The number of hydrogen-bond donors (Lipinski definition) is 4. The van der Waals surface area contributed by atoms with Gasteiger partial charge in [0.2, 0.25) is 5.91 Å². The highest BCUT2D eigenvalue weighted by Gasteiger charge is 2.68. The van der Waals surface area contributed by atoms with Crippen molar-refractivity contribution >= 4 is 61.0 Å². The van der Waals surface area contributed by atoms with Gasteiger partial charge >= 0.3 is 6.18 Å². The molecule has 294 valence electrons. The van der Waals surface area contributed by atoms with Gasteiger partial charge in [-0.3, -0.25) is 14.2 Å². The van der Waals surface area contributed by atoms with Crippen molar-refractivity contribution in [1.29, 1.82) is 0 Å². The number of aromatic nitrogens is 6. The summed E-state index contributed by atoms with van der Waals surface area (Å²) in [7, 11) is 1.63. The average molecular weight is 822 g/mol. The minimum Gasteiger partial charge on any atom is -0.389 e. The van der Waals surface area contributed by atoms with Crippen molar-refractivity contribution in [1.82, 2.24) is 34.8 Å². The van der Waals surface area contributed by atoms with E-state index in [9.17, 15) is 31.9 Å². The molecule has 11 nitrogen and oxygen atoms in total. The number of nitrogens with zero attached hydrogens (tertiary/aromatic N) is 6. The number of amides is 1. The summed E-state index contributed by atoms with van der Waals surface area (Å²) in [5.41, 5.74) is 3.67. The molecule has 4 heterocycles. The van der Waals surface area contributed by atoms with Gasteiger partial charge in [0.1, 0.15) is 23.9 Å². The summed E-state index contributed by atoms with van der Waals surface area (Å²) >= 11 is 7.74. The van der Waals surface area contributed by atoms with E-state index in [1.54, 1.807) is 39.1 Å². The summed E-state index contributed by atoms with van der Waals surface area (Å²) in [5, 5.41) is 24.9. The summed E-state index contributed by atoms with van der Waals surface area (Å²) in [4.78, 5) is 23.3. The van der Waals surface area contributed by atoms with E-state index in [-0.39, 0.29) is 47.1 Å². The number of nitrogens with one attached hydrogen (secondary N) is 2. The summed E-state index contributed by atoms with van der Waals surface area (Å²) in [6.07, 6.45) is -5.50. The highest BCUT2D eigenvalue weighted by Crippen LogP contribution is 2.68. The van der Waals surface area contributed by atoms with Crippen LogP contribution in [0.4, 0.5) is 41.7 Å². The molecular formula is C36H31ClF7N9O2S. The normalized spacial score (nSPS) is 18.0. The molecule has 1 amide bonds. The molecule has 1 fully saturated rings. The summed E-state index contributed by atoms with van der Waals surface area (Å²) in [6.45, 7) is 2.28. The van der Waals surface area contributed by atoms with E-state index in [1.807, 2.05) is 0 Å². The Balaban J connectivity index is 1.27. The number of benzene rings is 2. The number of hydrogen-bond acceptors (Lipinski definition) is 9. The highest BCUT2D eigenvalue weighted by atomic mass is 35.5. The molecule has 2 aliphatic carbocycles. The largest absolute Gasteiger partial charge is 0.435 e. The Morgan fingerprint density at radius 3 is 2.50 bits per heavy atom. The first-order chi connectivity index (χ1) is 26.2. The lowest BCUT2D eigenvalue weighted by atomic mass is 9.94. The van der Waals surface area contributed by atoms with E-state index in [2.05, 4.69) is 25.8 Å². The van der Waals surface area contributed by atoms with Crippen molar-refractivity contribution in [3.05, 3.63) is 81.3 Å². The lowest BCUT2D eigenvalue weighted by Crippen LogP contribution is -2.35. The second kappa shape index (κ2) is 13.0. The number of carbonyl (C=O) groups excluding carboxylic acids is 1. The van der Waals surface area contributed by atoms with Gasteiger partial charge < -0.3 is 21.5 Å². The molecule has 56 heavy (non-hydrogen) atoms. The zero-order valence-corrected chi connectivity index (χ0v) is 31.1. The van der Waals surface area contributed by atoms with Crippen molar-refractivity contribution in [2.24, 2.45) is 13.0 Å². The molecule has 2 aliphatic rings. The maximum absolute atomic E-state index is 15.4. The van der Waals surface area contributed by atoms with Gasteiger partial charge in [0, 0.05) is 42.3 Å². The average Bonchev–Trinajstić information content (AvgIpc) is 3.36. The number of carbonyl (C=O) groups is 1. The van der Waals surface area contributed by atoms with Crippen molar-refractivity contribution in [3.8, 4) is 11.1 Å². The maximum atomic E-state index is 15.4. The molecule has 1 unspecified atom stereocenters. The quantitative estimate of drug-likeness (QED) is 0.104. The zero-order valence-electron chi connectivity index (χ0n) is 29.6.